The van der Waals surface area contributed by atoms with Crippen LogP contribution in [0.1, 0.15) is 16.3 Å². The van der Waals surface area contributed by atoms with Gasteiger partial charge < -0.3 is 4.74 Å². The first kappa shape index (κ1) is 16.0. The molecule has 5 nitrogen and oxygen atoms in total. The summed E-state index contributed by atoms with van der Waals surface area (Å²) in [5, 5.41) is 6.41. The number of hydrazone groups is 1. The maximum Gasteiger partial charge on any atom is 0.387 e. The van der Waals surface area contributed by atoms with Crippen LogP contribution >= 0.6 is 11.3 Å². The van der Waals surface area contributed by atoms with Gasteiger partial charge in [0.05, 0.1) is 23.3 Å². The summed E-state index contributed by atoms with van der Waals surface area (Å²) >= 11 is 1.46. The Bertz CT molecular complexity index is 674. The lowest BCUT2D eigenvalue weighted by atomic mass is 10.2. The van der Waals surface area contributed by atoms with E-state index in [1.165, 1.54) is 23.6 Å². The number of hydrogen-bond acceptors (Lipinski definition) is 5. The van der Waals surface area contributed by atoms with E-state index in [1.54, 1.807) is 23.6 Å². The second-order valence-electron chi connectivity index (χ2n) is 4.24. The number of carbonyl (C=O) groups excluding carboxylic acids is 1. The van der Waals surface area contributed by atoms with Crippen molar-refractivity contribution in [1.82, 2.24) is 10.4 Å². The molecular formula is C14H13F2N3O2S. The molecule has 0 bridgehead atoms. The van der Waals surface area contributed by atoms with E-state index in [9.17, 15) is 13.6 Å². The maximum atomic E-state index is 12.3. The third-order valence-electron chi connectivity index (χ3n) is 2.54. The largest absolute Gasteiger partial charge is 0.434 e. The van der Waals surface area contributed by atoms with E-state index in [4.69, 9.17) is 0 Å². The SMILES string of the molecule is Cc1nc(CC(=O)N/N=C\c2ccccc2OC(F)F)cs1. The van der Waals surface area contributed by atoms with E-state index in [0.717, 1.165) is 5.01 Å². The second-order valence-corrected chi connectivity index (χ2v) is 5.31. The van der Waals surface area contributed by atoms with Crippen LogP contribution in [0.4, 0.5) is 8.78 Å². The molecule has 2 aromatic rings. The summed E-state index contributed by atoms with van der Waals surface area (Å²) < 4.78 is 28.9. The quantitative estimate of drug-likeness (QED) is 0.656. The number of hydrogen-bond donors (Lipinski definition) is 1. The highest BCUT2D eigenvalue weighted by molar-refractivity contribution is 7.09. The number of rotatable bonds is 6. The minimum absolute atomic E-state index is 0.00868. The molecule has 0 saturated carbocycles. The number of aryl methyl sites for hydroxylation is 1. The number of alkyl halides is 2. The smallest absolute Gasteiger partial charge is 0.387 e. The van der Waals surface area contributed by atoms with Crippen LogP contribution in [-0.2, 0) is 11.2 Å². The first-order chi connectivity index (χ1) is 10.5. The summed E-state index contributed by atoms with van der Waals surface area (Å²) in [6.07, 6.45) is 1.36. The molecule has 1 N–H and O–H groups in total. The van der Waals surface area contributed by atoms with Gasteiger partial charge in [0.2, 0.25) is 5.91 Å². The highest BCUT2D eigenvalue weighted by Gasteiger charge is 2.08. The summed E-state index contributed by atoms with van der Waals surface area (Å²) in [5.74, 6) is -0.348. The Morgan fingerprint density at radius 2 is 2.27 bits per heavy atom. The molecule has 0 unspecified atom stereocenters. The number of nitrogens with zero attached hydrogens (tertiary/aromatic N) is 2. The van der Waals surface area contributed by atoms with Crippen LogP contribution in [0.15, 0.2) is 34.7 Å². The maximum absolute atomic E-state index is 12.3. The Labute approximate surface area is 129 Å². The fraction of sp³-hybridized carbons (Fsp3) is 0.214. The standard InChI is InChI=1S/C14H13F2N3O2S/c1-9-18-11(8-22-9)6-13(20)19-17-7-10-4-2-3-5-12(10)21-14(15)16/h2-5,7-8,14H,6H2,1H3,(H,19,20)/b17-7-. The summed E-state index contributed by atoms with van der Waals surface area (Å²) in [5.41, 5.74) is 3.33. The molecule has 2 rings (SSSR count). The molecular weight excluding hydrogens is 312 g/mol. The molecule has 1 heterocycles. The Kier molecular flexibility index (Phi) is 5.54. The number of nitrogens with one attached hydrogen (secondary N) is 1. The monoisotopic (exact) mass is 325 g/mol. The predicted octanol–water partition coefficient (Wildman–Crippen LogP) is 2.75. The van der Waals surface area contributed by atoms with Crippen molar-refractivity contribution in [2.24, 2.45) is 5.10 Å². The van der Waals surface area contributed by atoms with Crippen molar-refractivity contribution in [3.8, 4) is 5.75 Å². The van der Waals surface area contributed by atoms with Crippen molar-refractivity contribution < 1.29 is 18.3 Å². The molecule has 1 aromatic carbocycles. The molecule has 0 radical (unpaired) electrons. The summed E-state index contributed by atoms with van der Waals surface area (Å²) in [6, 6.07) is 6.17. The number of para-hydroxylation sites is 1. The fourth-order valence-corrected chi connectivity index (χ4v) is 2.27. The first-order valence-electron chi connectivity index (χ1n) is 6.31. The van der Waals surface area contributed by atoms with Crippen molar-refractivity contribution in [1.29, 1.82) is 0 Å². The molecule has 0 spiro atoms. The average Bonchev–Trinajstić information content (AvgIpc) is 2.85. The Balaban J connectivity index is 1.93. The summed E-state index contributed by atoms with van der Waals surface area (Å²) in [4.78, 5) is 15.8. The zero-order valence-electron chi connectivity index (χ0n) is 11.6. The van der Waals surface area contributed by atoms with Crippen LogP contribution in [0, 0.1) is 6.92 Å². The normalized spacial score (nSPS) is 11.1. The van der Waals surface area contributed by atoms with Gasteiger partial charge in [0.15, 0.2) is 0 Å². The lowest BCUT2D eigenvalue weighted by Gasteiger charge is -2.06. The van der Waals surface area contributed by atoms with Crippen molar-refractivity contribution >= 4 is 23.5 Å². The zero-order valence-corrected chi connectivity index (χ0v) is 12.4. The van der Waals surface area contributed by atoms with Gasteiger partial charge in [-0.1, -0.05) is 12.1 Å². The van der Waals surface area contributed by atoms with Gasteiger partial charge in [-0.3, -0.25) is 4.79 Å². The minimum Gasteiger partial charge on any atom is -0.434 e. The molecule has 0 aliphatic heterocycles. The number of halogens is 2. The van der Waals surface area contributed by atoms with Crippen LogP contribution < -0.4 is 10.2 Å². The Morgan fingerprint density at radius 3 is 2.95 bits per heavy atom. The van der Waals surface area contributed by atoms with Gasteiger partial charge in [0.25, 0.3) is 0 Å². The molecule has 0 atom stereocenters. The number of aromatic nitrogens is 1. The molecule has 0 aliphatic carbocycles. The molecule has 0 saturated heterocycles. The predicted molar refractivity (Wildman–Crippen MR) is 79.4 cm³/mol. The van der Waals surface area contributed by atoms with E-state index < -0.39 is 6.61 Å². The van der Waals surface area contributed by atoms with Gasteiger partial charge in [-0.25, -0.2) is 10.4 Å². The second kappa shape index (κ2) is 7.60. The van der Waals surface area contributed by atoms with Gasteiger partial charge in [0.1, 0.15) is 5.75 Å². The summed E-state index contributed by atoms with van der Waals surface area (Å²) in [7, 11) is 0. The van der Waals surface area contributed by atoms with Gasteiger partial charge in [-0.2, -0.15) is 13.9 Å². The third kappa shape index (κ3) is 4.88. The average molecular weight is 325 g/mol. The van der Waals surface area contributed by atoms with Crippen molar-refractivity contribution in [2.45, 2.75) is 20.0 Å². The van der Waals surface area contributed by atoms with E-state index in [-0.39, 0.29) is 18.1 Å². The number of thiazole rings is 1. The molecule has 22 heavy (non-hydrogen) atoms. The van der Waals surface area contributed by atoms with Crippen molar-refractivity contribution in [3.05, 3.63) is 45.9 Å². The number of amides is 1. The lowest BCUT2D eigenvalue weighted by molar-refractivity contribution is -0.120. The molecule has 116 valence electrons. The molecule has 8 heteroatoms. The number of benzene rings is 1. The molecule has 1 amide bonds. The Morgan fingerprint density at radius 1 is 1.50 bits per heavy atom. The van der Waals surface area contributed by atoms with Crippen LogP contribution in [-0.4, -0.2) is 23.7 Å². The third-order valence-corrected chi connectivity index (χ3v) is 3.36. The van der Waals surface area contributed by atoms with E-state index in [1.807, 2.05) is 6.92 Å². The number of ether oxygens (including phenoxy) is 1. The summed E-state index contributed by atoms with van der Waals surface area (Å²) in [6.45, 7) is -1.07. The molecule has 0 aliphatic rings. The first-order valence-corrected chi connectivity index (χ1v) is 7.19. The van der Waals surface area contributed by atoms with Gasteiger partial charge in [0, 0.05) is 10.9 Å². The van der Waals surface area contributed by atoms with Gasteiger partial charge in [-0.05, 0) is 19.1 Å². The van der Waals surface area contributed by atoms with E-state index >= 15 is 0 Å². The topological polar surface area (TPSA) is 63.6 Å². The highest BCUT2D eigenvalue weighted by atomic mass is 32.1. The van der Waals surface area contributed by atoms with E-state index in [0.29, 0.717) is 11.3 Å². The van der Waals surface area contributed by atoms with Crippen LogP contribution in [0.2, 0.25) is 0 Å². The number of carbonyl (C=O) groups is 1. The molecule has 1 aromatic heterocycles. The van der Waals surface area contributed by atoms with Crippen LogP contribution in [0.25, 0.3) is 0 Å². The van der Waals surface area contributed by atoms with E-state index in [2.05, 4.69) is 20.2 Å². The molecule has 0 fully saturated rings. The van der Waals surface area contributed by atoms with Crippen LogP contribution in [0.3, 0.4) is 0 Å². The lowest BCUT2D eigenvalue weighted by Crippen LogP contribution is -2.20. The zero-order chi connectivity index (χ0) is 15.9. The van der Waals surface area contributed by atoms with Gasteiger partial charge >= 0.3 is 6.61 Å². The van der Waals surface area contributed by atoms with Gasteiger partial charge in [-0.15, -0.1) is 11.3 Å². The fourth-order valence-electron chi connectivity index (χ4n) is 1.66. The Hall–Kier alpha value is -2.35. The van der Waals surface area contributed by atoms with Crippen molar-refractivity contribution in [3.63, 3.8) is 0 Å². The van der Waals surface area contributed by atoms with Crippen molar-refractivity contribution in [2.75, 3.05) is 0 Å². The minimum atomic E-state index is -2.92. The van der Waals surface area contributed by atoms with Crippen LogP contribution in [0.5, 0.6) is 5.75 Å². The highest BCUT2D eigenvalue weighted by Crippen LogP contribution is 2.18.